The van der Waals surface area contributed by atoms with Crippen molar-refractivity contribution >= 4 is 11.8 Å². The monoisotopic (exact) mass is 434 g/mol. The lowest BCUT2D eigenvalue weighted by molar-refractivity contribution is -0.271. The maximum Gasteiger partial charge on any atom is 0.335 e. The molecule has 3 rings (SSSR count). The molecule has 10 heteroatoms. The molecule has 0 radical (unpaired) electrons. The number of phenolic OH excluding ortho intramolecular Hbond substituents is 2. The van der Waals surface area contributed by atoms with Gasteiger partial charge in [0.15, 0.2) is 11.9 Å². The number of hydrogen-bond donors (Lipinski definition) is 6. The third-order valence-corrected chi connectivity index (χ3v) is 4.95. The lowest BCUT2D eigenvalue weighted by Gasteiger charge is -2.38. The number of carbonyl (C=O) groups excluding carboxylic acids is 1. The van der Waals surface area contributed by atoms with E-state index in [4.69, 9.17) is 14.6 Å². The predicted molar refractivity (Wildman–Crippen MR) is 104 cm³/mol. The largest absolute Gasteiger partial charge is 0.508 e. The highest BCUT2D eigenvalue weighted by Crippen LogP contribution is 2.29. The molecule has 5 unspecified atom stereocenters. The molecule has 5 atom stereocenters. The molecule has 2 aromatic carbocycles. The Hall–Kier alpha value is -3.18. The second-order valence-electron chi connectivity index (χ2n) is 7.08. The number of aromatic hydroxyl groups is 2. The minimum atomic E-state index is -1.86. The zero-order valence-electron chi connectivity index (χ0n) is 16.2. The van der Waals surface area contributed by atoms with E-state index in [1.165, 1.54) is 24.3 Å². The number of aryl methyl sites for hydroxylation is 1. The highest BCUT2D eigenvalue weighted by Gasteiger charge is 2.48. The number of Topliss-reactive ketones (excluding diaryl/α,β-unsaturated/α-hetero) is 1. The van der Waals surface area contributed by atoms with Crippen LogP contribution in [0.25, 0.3) is 0 Å². The molecule has 10 nitrogen and oxygen atoms in total. The van der Waals surface area contributed by atoms with E-state index in [0.717, 1.165) is 0 Å². The van der Waals surface area contributed by atoms with Crippen molar-refractivity contribution in [2.45, 2.75) is 43.5 Å². The van der Waals surface area contributed by atoms with Crippen LogP contribution in [0.15, 0.2) is 42.5 Å². The maximum atomic E-state index is 12.6. The molecule has 1 fully saturated rings. The summed E-state index contributed by atoms with van der Waals surface area (Å²) < 4.78 is 10.4. The Bertz CT molecular complexity index is 959. The van der Waals surface area contributed by atoms with E-state index in [2.05, 4.69) is 0 Å². The van der Waals surface area contributed by atoms with Gasteiger partial charge in [-0.3, -0.25) is 4.79 Å². The van der Waals surface area contributed by atoms with Gasteiger partial charge in [0.1, 0.15) is 35.6 Å². The Morgan fingerprint density at radius 2 is 1.65 bits per heavy atom. The van der Waals surface area contributed by atoms with E-state index < -0.39 is 42.5 Å². The predicted octanol–water partition coefficient (Wildman–Crippen LogP) is 0.184. The van der Waals surface area contributed by atoms with Crippen LogP contribution in [0.4, 0.5) is 0 Å². The molecule has 0 spiro atoms. The number of ether oxygens (including phenoxy) is 2. The van der Waals surface area contributed by atoms with E-state index in [9.17, 15) is 35.1 Å². The molecule has 31 heavy (non-hydrogen) atoms. The maximum absolute atomic E-state index is 12.6. The number of aliphatic hydroxyl groups excluding tert-OH is 3. The van der Waals surface area contributed by atoms with Gasteiger partial charge in [0, 0.05) is 6.42 Å². The first-order valence-corrected chi connectivity index (χ1v) is 9.41. The Morgan fingerprint density at radius 1 is 0.935 bits per heavy atom. The molecule has 1 aliphatic rings. The van der Waals surface area contributed by atoms with Gasteiger partial charge >= 0.3 is 5.97 Å². The normalized spacial score (nSPS) is 25.7. The minimum absolute atomic E-state index is 0.0247. The number of para-hydroxylation sites is 1. The van der Waals surface area contributed by atoms with Crippen LogP contribution in [-0.2, 0) is 16.0 Å². The number of phenols is 2. The van der Waals surface area contributed by atoms with Crippen LogP contribution in [0.5, 0.6) is 17.2 Å². The van der Waals surface area contributed by atoms with Crippen LogP contribution in [0, 0.1) is 0 Å². The van der Waals surface area contributed by atoms with E-state index in [1.807, 2.05) is 0 Å². The smallest absolute Gasteiger partial charge is 0.335 e. The molecule has 1 saturated heterocycles. The number of aliphatic hydroxyl groups is 3. The number of rotatable bonds is 7. The lowest BCUT2D eigenvalue weighted by Crippen LogP contribution is -2.61. The van der Waals surface area contributed by atoms with Gasteiger partial charge in [0.25, 0.3) is 0 Å². The molecule has 1 heterocycles. The number of carbonyl (C=O) groups is 2. The molecular formula is C21H22O10. The molecule has 0 aliphatic carbocycles. The van der Waals surface area contributed by atoms with Gasteiger partial charge in [0.2, 0.25) is 6.29 Å². The van der Waals surface area contributed by atoms with E-state index in [1.54, 1.807) is 18.2 Å². The molecule has 2 aromatic rings. The van der Waals surface area contributed by atoms with E-state index in [-0.39, 0.29) is 35.7 Å². The summed E-state index contributed by atoms with van der Waals surface area (Å²) in [4.78, 5) is 23.8. The van der Waals surface area contributed by atoms with Crippen molar-refractivity contribution in [2.24, 2.45) is 0 Å². The highest BCUT2D eigenvalue weighted by atomic mass is 16.7. The van der Waals surface area contributed by atoms with Crippen molar-refractivity contribution in [3.8, 4) is 17.2 Å². The van der Waals surface area contributed by atoms with Crippen molar-refractivity contribution in [3.05, 3.63) is 53.6 Å². The first-order valence-electron chi connectivity index (χ1n) is 9.41. The summed E-state index contributed by atoms with van der Waals surface area (Å²) in [6.45, 7) is 0. The van der Waals surface area contributed by atoms with Crippen LogP contribution in [0.1, 0.15) is 22.3 Å². The molecule has 0 bridgehead atoms. The summed E-state index contributed by atoms with van der Waals surface area (Å²) in [5, 5.41) is 58.6. The average molecular weight is 434 g/mol. The van der Waals surface area contributed by atoms with Gasteiger partial charge in [-0.15, -0.1) is 0 Å². The molecule has 0 saturated carbocycles. The number of ketones is 1. The topological polar surface area (TPSA) is 174 Å². The van der Waals surface area contributed by atoms with Gasteiger partial charge in [-0.1, -0.05) is 18.2 Å². The Kier molecular flexibility index (Phi) is 6.76. The molecule has 0 amide bonds. The fourth-order valence-electron chi connectivity index (χ4n) is 3.20. The van der Waals surface area contributed by atoms with Crippen LogP contribution >= 0.6 is 0 Å². The fraction of sp³-hybridized carbons (Fsp3) is 0.333. The van der Waals surface area contributed by atoms with Crippen molar-refractivity contribution in [3.63, 3.8) is 0 Å². The summed E-state index contributed by atoms with van der Waals surface area (Å²) >= 11 is 0. The van der Waals surface area contributed by atoms with Gasteiger partial charge in [-0.05, 0) is 36.2 Å². The third-order valence-electron chi connectivity index (χ3n) is 4.95. The zero-order chi connectivity index (χ0) is 22.7. The average Bonchev–Trinajstić information content (AvgIpc) is 2.74. The number of hydrogen-bond acceptors (Lipinski definition) is 9. The first-order chi connectivity index (χ1) is 14.7. The second-order valence-corrected chi connectivity index (χ2v) is 7.08. The second kappa shape index (κ2) is 9.31. The summed E-state index contributed by atoms with van der Waals surface area (Å²) in [6, 6.07) is 10.2. The molecule has 166 valence electrons. The van der Waals surface area contributed by atoms with Crippen LogP contribution in [-0.4, -0.2) is 73.1 Å². The summed E-state index contributed by atoms with van der Waals surface area (Å²) in [5.74, 6) is -2.32. The van der Waals surface area contributed by atoms with Crippen LogP contribution in [0.3, 0.4) is 0 Å². The number of aliphatic carboxylic acids is 1. The van der Waals surface area contributed by atoms with Crippen molar-refractivity contribution in [2.75, 3.05) is 0 Å². The summed E-state index contributed by atoms with van der Waals surface area (Å²) in [5.41, 5.74) is 0.474. The Labute approximate surface area is 176 Å². The summed E-state index contributed by atoms with van der Waals surface area (Å²) in [7, 11) is 0. The number of benzene rings is 2. The zero-order valence-corrected chi connectivity index (χ0v) is 16.2. The van der Waals surface area contributed by atoms with Crippen LogP contribution < -0.4 is 4.74 Å². The highest BCUT2D eigenvalue weighted by molar-refractivity contribution is 5.99. The first kappa shape index (κ1) is 22.5. The number of carboxylic acid groups (broad SMARTS) is 1. The van der Waals surface area contributed by atoms with Gasteiger partial charge in [0.05, 0.1) is 5.56 Å². The van der Waals surface area contributed by atoms with Crippen LogP contribution in [0.2, 0.25) is 0 Å². The lowest BCUT2D eigenvalue weighted by atomic mass is 9.99. The van der Waals surface area contributed by atoms with Crippen molar-refractivity contribution in [1.82, 2.24) is 0 Å². The molecule has 6 N–H and O–H groups in total. The molecule has 1 aliphatic heterocycles. The SMILES string of the molecule is O=C(CCc1ccccc1O)c1cc(OC2OC(C(=O)O)C(O)C(O)C2O)ccc1O. The minimum Gasteiger partial charge on any atom is -0.508 e. The Morgan fingerprint density at radius 3 is 2.32 bits per heavy atom. The van der Waals surface area contributed by atoms with Gasteiger partial charge in [-0.2, -0.15) is 0 Å². The quantitative estimate of drug-likeness (QED) is 0.330. The van der Waals surface area contributed by atoms with E-state index >= 15 is 0 Å². The standard InChI is InChI=1S/C21H22O10/c22-13-4-2-1-3-10(13)5-7-14(23)12-9-11(6-8-15(12)24)30-21-18(27)16(25)17(26)19(31-21)20(28)29/h1-4,6,8-9,16-19,21-22,24-27H,5,7H2,(H,28,29). The fourth-order valence-corrected chi connectivity index (χ4v) is 3.20. The molecular weight excluding hydrogens is 412 g/mol. The number of carboxylic acids is 1. The summed E-state index contributed by atoms with van der Waals surface area (Å²) in [6.07, 6.45) is -8.74. The van der Waals surface area contributed by atoms with E-state index in [0.29, 0.717) is 5.56 Å². The van der Waals surface area contributed by atoms with Crippen molar-refractivity contribution in [1.29, 1.82) is 0 Å². The van der Waals surface area contributed by atoms with Gasteiger partial charge in [-0.25, -0.2) is 4.79 Å². The Balaban J connectivity index is 1.73. The molecule has 0 aromatic heterocycles. The van der Waals surface area contributed by atoms with Gasteiger partial charge < -0.3 is 40.1 Å². The third kappa shape index (κ3) is 4.94. The van der Waals surface area contributed by atoms with Crippen molar-refractivity contribution < 1.29 is 49.7 Å².